The van der Waals surface area contributed by atoms with Gasteiger partial charge in [-0.2, -0.15) is 5.10 Å². The van der Waals surface area contributed by atoms with E-state index >= 15 is 0 Å². The largest absolute Gasteiger partial charge is 0.383 e. The van der Waals surface area contributed by atoms with Crippen molar-refractivity contribution in [3.05, 3.63) is 38.3 Å². The van der Waals surface area contributed by atoms with Crippen LogP contribution in [0.15, 0.2) is 22.1 Å². The van der Waals surface area contributed by atoms with Crippen molar-refractivity contribution in [2.45, 2.75) is 20.0 Å². The summed E-state index contributed by atoms with van der Waals surface area (Å²) in [5.41, 5.74) is 2.46. The number of nitrogens with one attached hydrogen (secondary N) is 1. The molecule has 0 radical (unpaired) electrons. The molecule has 0 saturated heterocycles. The summed E-state index contributed by atoms with van der Waals surface area (Å²) in [6.45, 7) is 5.38. The molecule has 0 amide bonds. The Hall–Kier alpha value is -0.690. The Morgan fingerprint density at radius 2 is 2.32 bits per heavy atom. The van der Waals surface area contributed by atoms with Crippen LogP contribution >= 0.6 is 27.3 Å². The van der Waals surface area contributed by atoms with Crippen molar-refractivity contribution < 1.29 is 4.74 Å². The SMILES string of the molecule is COCCNCc1cnn(Cc2ccc(Br)s2)c1C. The Morgan fingerprint density at radius 1 is 1.47 bits per heavy atom. The summed E-state index contributed by atoms with van der Waals surface area (Å²) in [7, 11) is 1.71. The molecule has 4 nitrogen and oxygen atoms in total. The van der Waals surface area contributed by atoms with Crippen LogP contribution in [0, 0.1) is 6.92 Å². The molecule has 0 aliphatic heterocycles. The molecule has 2 aromatic rings. The molecule has 0 saturated carbocycles. The first-order valence-electron chi connectivity index (χ1n) is 6.16. The van der Waals surface area contributed by atoms with E-state index in [1.807, 2.05) is 10.9 Å². The maximum atomic E-state index is 5.01. The molecule has 2 rings (SSSR count). The van der Waals surface area contributed by atoms with Gasteiger partial charge in [0.1, 0.15) is 0 Å². The molecule has 0 atom stereocenters. The van der Waals surface area contributed by atoms with Crippen LogP contribution in [0.1, 0.15) is 16.1 Å². The predicted octanol–water partition coefficient (Wildman–Crippen LogP) is 2.80. The highest BCUT2D eigenvalue weighted by Crippen LogP contribution is 2.23. The van der Waals surface area contributed by atoms with Crippen molar-refractivity contribution in [1.29, 1.82) is 0 Å². The zero-order valence-electron chi connectivity index (χ0n) is 11.1. The predicted molar refractivity (Wildman–Crippen MR) is 81.7 cm³/mol. The second kappa shape index (κ2) is 7.19. The molecule has 0 aliphatic rings. The Bertz CT molecular complexity index is 524. The van der Waals surface area contributed by atoms with Crippen molar-refractivity contribution in [1.82, 2.24) is 15.1 Å². The highest BCUT2D eigenvalue weighted by Gasteiger charge is 2.07. The van der Waals surface area contributed by atoms with Gasteiger partial charge >= 0.3 is 0 Å². The maximum Gasteiger partial charge on any atom is 0.0755 e. The second-order valence-corrected chi connectivity index (χ2v) is 6.84. The number of thiophene rings is 1. The minimum Gasteiger partial charge on any atom is -0.383 e. The average Bonchev–Trinajstić information content (AvgIpc) is 2.95. The van der Waals surface area contributed by atoms with Crippen LogP contribution in [0.25, 0.3) is 0 Å². The van der Waals surface area contributed by atoms with Crippen LogP contribution in [-0.4, -0.2) is 30.0 Å². The molecule has 6 heteroatoms. The molecule has 2 heterocycles. The number of ether oxygens (including phenoxy) is 1. The van der Waals surface area contributed by atoms with E-state index in [1.54, 1.807) is 18.4 Å². The number of nitrogens with zero attached hydrogens (tertiary/aromatic N) is 2. The van der Waals surface area contributed by atoms with E-state index in [0.717, 1.165) is 30.0 Å². The summed E-state index contributed by atoms with van der Waals surface area (Å²) >= 11 is 5.23. The fraction of sp³-hybridized carbons (Fsp3) is 0.462. The summed E-state index contributed by atoms with van der Waals surface area (Å²) in [5, 5.41) is 7.80. The quantitative estimate of drug-likeness (QED) is 0.785. The highest BCUT2D eigenvalue weighted by molar-refractivity contribution is 9.11. The smallest absolute Gasteiger partial charge is 0.0755 e. The monoisotopic (exact) mass is 343 g/mol. The third-order valence-corrected chi connectivity index (χ3v) is 4.55. The molecule has 0 spiro atoms. The molecule has 0 aliphatic carbocycles. The van der Waals surface area contributed by atoms with Crippen LogP contribution in [0.4, 0.5) is 0 Å². The minimum atomic E-state index is 0.733. The van der Waals surface area contributed by atoms with Gasteiger partial charge in [-0.15, -0.1) is 11.3 Å². The lowest BCUT2D eigenvalue weighted by Gasteiger charge is -2.05. The van der Waals surface area contributed by atoms with Gasteiger partial charge in [0.15, 0.2) is 0 Å². The Kier molecular flexibility index (Phi) is 5.57. The molecule has 0 unspecified atom stereocenters. The van der Waals surface area contributed by atoms with E-state index in [2.05, 4.69) is 45.4 Å². The third kappa shape index (κ3) is 4.14. The van der Waals surface area contributed by atoms with Gasteiger partial charge in [-0.05, 0) is 35.0 Å². The van der Waals surface area contributed by atoms with Crippen molar-refractivity contribution in [3.63, 3.8) is 0 Å². The highest BCUT2D eigenvalue weighted by atomic mass is 79.9. The van der Waals surface area contributed by atoms with Crippen LogP contribution in [0.2, 0.25) is 0 Å². The number of rotatable bonds is 7. The summed E-state index contributed by atoms with van der Waals surface area (Å²) in [4.78, 5) is 1.30. The lowest BCUT2D eigenvalue weighted by Crippen LogP contribution is -2.18. The van der Waals surface area contributed by atoms with Gasteiger partial charge in [0.2, 0.25) is 0 Å². The zero-order valence-corrected chi connectivity index (χ0v) is 13.6. The summed E-state index contributed by atoms with van der Waals surface area (Å²) in [6, 6.07) is 4.21. The van der Waals surface area contributed by atoms with Gasteiger partial charge in [-0.3, -0.25) is 4.68 Å². The van der Waals surface area contributed by atoms with Crippen molar-refractivity contribution in [2.75, 3.05) is 20.3 Å². The molecular weight excluding hydrogens is 326 g/mol. The second-order valence-electron chi connectivity index (χ2n) is 4.29. The minimum absolute atomic E-state index is 0.733. The standard InChI is InChI=1S/C13H18BrN3OS/c1-10-11(7-15-5-6-18-2)8-16-17(10)9-12-3-4-13(14)19-12/h3-4,8,15H,5-7,9H2,1-2H3. The van der Waals surface area contributed by atoms with E-state index in [0.29, 0.717) is 0 Å². The van der Waals surface area contributed by atoms with Gasteiger partial charge in [0.25, 0.3) is 0 Å². The topological polar surface area (TPSA) is 39.1 Å². The van der Waals surface area contributed by atoms with E-state index in [9.17, 15) is 0 Å². The number of methoxy groups -OCH3 is 1. The molecule has 0 aromatic carbocycles. The average molecular weight is 344 g/mol. The first-order valence-corrected chi connectivity index (χ1v) is 7.77. The zero-order chi connectivity index (χ0) is 13.7. The van der Waals surface area contributed by atoms with Gasteiger partial charge in [-0.25, -0.2) is 0 Å². The molecular formula is C13H18BrN3OS. The third-order valence-electron chi connectivity index (χ3n) is 2.94. The Labute approximate surface area is 125 Å². The molecule has 104 valence electrons. The van der Waals surface area contributed by atoms with Crippen LogP contribution in [-0.2, 0) is 17.8 Å². The fourth-order valence-electron chi connectivity index (χ4n) is 1.80. The first kappa shape index (κ1) is 14.7. The van der Waals surface area contributed by atoms with Crippen molar-refractivity contribution in [2.24, 2.45) is 0 Å². The van der Waals surface area contributed by atoms with Gasteiger partial charge in [-0.1, -0.05) is 0 Å². The molecule has 19 heavy (non-hydrogen) atoms. The Balaban J connectivity index is 1.94. The number of hydrogen-bond donors (Lipinski definition) is 1. The van der Waals surface area contributed by atoms with E-state index < -0.39 is 0 Å². The molecule has 0 fully saturated rings. The summed E-state index contributed by atoms with van der Waals surface area (Å²) in [6.07, 6.45) is 1.94. The lowest BCUT2D eigenvalue weighted by atomic mass is 10.2. The normalized spacial score (nSPS) is 11.1. The van der Waals surface area contributed by atoms with Crippen molar-refractivity contribution >= 4 is 27.3 Å². The van der Waals surface area contributed by atoms with Gasteiger partial charge in [0.05, 0.1) is 23.1 Å². The molecule has 2 aromatic heterocycles. The van der Waals surface area contributed by atoms with Crippen LogP contribution in [0.5, 0.6) is 0 Å². The number of aromatic nitrogens is 2. The van der Waals surface area contributed by atoms with Crippen LogP contribution in [0.3, 0.4) is 0 Å². The van der Waals surface area contributed by atoms with Gasteiger partial charge < -0.3 is 10.1 Å². The van der Waals surface area contributed by atoms with E-state index in [4.69, 9.17) is 4.74 Å². The Morgan fingerprint density at radius 3 is 3.00 bits per heavy atom. The van der Waals surface area contributed by atoms with Crippen LogP contribution < -0.4 is 5.32 Å². The summed E-state index contributed by atoms with van der Waals surface area (Å²) in [5.74, 6) is 0. The fourth-order valence-corrected chi connectivity index (χ4v) is 3.27. The number of hydrogen-bond acceptors (Lipinski definition) is 4. The molecule has 0 bridgehead atoms. The maximum absolute atomic E-state index is 5.01. The van der Waals surface area contributed by atoms with Gasteiger partial charge in [0, 0.05) is 36.3 Å². The summed E-state index contributed by atoms with van der Waals surface area (Å²) < 4.78 is 8.22. The number of halogens is 1. The first-order chi connectivity index (χ1) is 9.20. The van der Waals surface area contributed by atoms with E-state index in [1.165, 1.54) is 16.1 Å². The van der Waals surface area contributed by atoms with Crippen molar-refractivity contribution in [3.8, 4) is 0 Å². The lowest BCUT2D eigenvalue weighted by molar-refractivity contribution is 0.199. The van der Waals surface area contributed by atoms with E-state index in [-0.39, 0.29) is 0 Å². The molecule has 1 N–H and O–H groups in total.